The molecule has 1 heterocycles. The topological polar surface area (TPSA) is 39.2 Å². The second-order valence-electron chi connectivity index (χ2n) is 2.70. The molecule has 0 amide bonds. The molecular formula is C9H7ClF3NO2. The molecule has 16 heavy (non-hydrogen) atoms. The molecule has 0 spiro atoms. The Hall–Kier alpha value is -1.30. The predicted octanol–water partition coefficient (Wildman–Crippen LogP) is 2.99. The minimum absolute atomic E-state index is 0.0334. The maximum Gasteiger partial charge on any atom is 0.341 e. The van der Waals surface area contributed by atoms with Crippen LogP contribution in [0.1, 0.15) is 29.4 Å². The molecule has 7 heteroatoms. The van der Waals surface area contributed by atoms with Crippen molar-refractivity contribution < 1.29 is 22.7 Å². The zero-order chi connectivity index (χ0) is 12.3. The van der Waals surface area contributed by atoms with Gasteiger partial charge in [-0.2, -0.15) is 0 Å². The van der Waals surface area contributed by atoms with Gasteiger partial charge in [0.2, 0.25) is 0 Å². The molecule has 0 aliphatic rings. The van der Waals surface area contributed by atoms with Crippen LogP contribution in [0.4, 0.5) is 13.2 Å². The number of hydrogen-bond acceptors (Lipinski definition) is 3. The van der Waals surface area contributed by atoms with Crippen molar-refractivity contribution in [3.05, 3.63) is 28.3 Å². The summed E-state index contributed by atoms with van der Waals surface area (Å²) in [5, 5.41) is -0.705. The summed E-state index contributed by atoms with van der Waals surface area (Å²) < 4.78 is 42.4. The van der Waals surface area contributed by atoms with Crippen LogP contribution in [-0.4, -0.2) is 17.6 Å². The van der Waals surface area contributed by atoms with Gasteiger partial charge in [-0.3, -0.25) is 4.98 Å². The van der Waals surface area contributed by atoms with Crippen LogP contribution in [0.2, 0.25) is 5.02 Å². The molecule has 0 aromatic carbocycles. The zero-order valence-electron chi connectivity index (χ0n) is 8.14. The fourth-order valence-electron chi connectivity index (χ4n) is 1.04. The van der Waals surface area contributed by atoms with Gasteiger partial charge in [-0.25, -0.2) is 18.0 Å². The molecule has 0 saturated carbocycles. The average molecular weight is 254 g/mol. The first kappa shape index (κ1) is 12.8. The number of nitrogens with zero attached hydrogens (tertiary/aromatic N) is 1. The highest BCUT2D eigenvalue weighted by atomic mass is 35.5. The molecule has 0 fully saturated rings. The largest absolute Gasteiger partial charge is 0.462 e. The van der Waals surface area contributed by atoms with Crippen LogP contribution < -0.4 is 0 Å². The van der Waals surface area contributed by atoms with Crippen LogP contribution in [0.15, 0.2) is 6.20 Å². The summed E-state index contributed by atoms with van der Waals surface area (Å²) in [7, 11) is 0. The number of carbonyl (C=O) groups excluding carboxylic acids is 1. The summed E-state index contributed by atoms with van der Waals surface area (Å²) in [6, 6.07) is 0. The lowest BCUT2D eigenvalue weighted by Gasteiger charge is -2.09. The molecule has 0 radical (unpaired) electrons. The van der Waals surface area contributed by atoms with Crippen LogP contribution in [0.5, 0.6) is 0 Å². The molecule has 0 N–H and O–H groups in total. The monoisotopic (exact) mass is 253 g/mol. The molecule has 1 aromatic rings. The van der Waals surface area contributed by atoms with Gasteiger partial charge in [0.05, 0.1) is 17.8 Å². The van der Waals surface area contributed by atoms with Crippen molar-refractivity contribution in [3.63, 3.8) is 0 Å². The van der Waals surface area contributed by atoms with E-state index in [2.05, 4.69) is 9.72 Å². The summed E-state index contributed by atoms with van der Waals surface area (Å²) in [5.41, 5.74) is -1.61. The SMILES string of the molecule is CCOC(=O)c1c(C(F)F)ncc(F)c1Cl. The highest BCUT2D eigenvalue weighted by molar-refractivity contribution is 6.33. The zero-order valence-corrected chi connectivity index (χ0v) is 8.89. The summed E-state index contributed by atoms with van der Waals surface area (Å²) in [5.74, 6) is -2.16. The number of ether oxygens (including phenoxy) is 1. The molecule has 0 unspecified atom stereocenters. The molecule has 0 bridgehead atoms. The van der Waals surface area contributed by atoms with E-state index in [4.69, 9.17) is 11.6 Å². The van der Waals surface area contributed by atoms with Gasteiger partial charge < -0.3 is 4.74 Å². The van der Waals surface area contributed by atoms with Gasteiger partial charge >= 0.3 is 5.97 Å². The van der Waals surface area contributed by atoms with E-state index in [-0.39, 0.29) is 6.61 Å². The highest BCUT2D eigenvalue weighted by Gasteiger charge is 2.26. The third-order valence-electron chi connectivity index (χ3n) is 1.69. The van der Waals surface area contributed by atoms with Crippen LogP contribution in [0.3, 0.4) is 0 Å². The molecule has 88 valence electrons. The van der Waals surface area contributed by atoms with E-state index in [0.717, 1.165) is 0 Å². The molecule has 0 atom stereocenters. The van der Waals surface area contributed by atoms with Crippen LogP contribution in [0, 0.1) is 5.82 Å². The molecule has 1 rings (SSSR count). The Labute approximate surface area is 94.2 Å². The van der Waals surface area contributed by atoms with Crippen molar-refractivity contribution in [2.24, 2.45) is 0 Å². The number of halogens is 4. The number of aromatic nitrogens is 1. The Bertz CT molecular complexity index is 412. The van der Waals surface area contributed by atoms with Gasteiger partial charge in [-0.15, -0.1) is 0 Å². The van der Waals surface area contributed by atoms with E-state index in [0.29, 0.717) is 6.20 Å². The smallest absolute Gasteiger partial charge is 0.341 e. The highest BCUT2D eigenvalue weighted by Crippen LogP contribution is 2.28. The Kier molecular flexibility index (Phi) is 4.12. The number of esters is 1. The summed E-state index contributed by atoms with van der Waals surface area (Å²) in [4.78, 5) is 14.4. The lowest BCUT2D eigenvalue weighted by atomic mass is 10.2. The summed E-state index contributed by atoms with van der Waals surface area (Å²) >= 11 is 5.42. The van der Waals surface area contributed by atoms with E-state index in [1.54, 1.807) is 0 Å². The number of pyridine rings is 1. The summed E-state index contributed by atoms with van der Waals surface area (Å²) in [6.45, 7) is 1.45. The van der Waals surface area contributed by atoms with Gasteiger partial charge in [0, 0.05) is 0 Å². The predicted molar refractivity (Wildman–Crippen MR) is 50.1 cm³/mol. The maximum atomic E-state index is 13.0. The molecular weight excluding hydrogens is 247 g/mol. The second kappa shape index (κ2) is 5.16. The van der Waals surface area contributed by atoms with Crippen LogP contribution in [-0.2, 0) is 4.74 Å². The first-order valence-electron chi connectivity index (χ1n) is 4.28. The Morgan fingerprint density at radius 2 is 2.25 bits per heavy atom. The van der Waals surface area contributed by atoms with E-state index < -0.39 is 34.5 Å². The molecule has 3 nitrogen and oxygen atoms in total. The van der Waals surface area contributed by atoms with Crippen molar-refractivity contribution >= 4 is 17.6 Å². The molecule has 0 saturated heterocycles. The first-order chi connectivity index (χ1) is 7.49. The van der Waals surface area contributed by atoms with E-state index in [9.17, 15) is 18.0 Å². The van der Waals surface area contributed by atoms with E-state index >= 15 is 0 Å². The van der Waals surface area contributed by atoms with Gasteiger partial charge in [0.15, 0.2) is 5.82 Å². The minimum atomic E-state index is -3.03. The van der Waals surface area contributed by atoms with Crippen LogP contribution in [0.25, 0.3) is 0 Å². The summed E-state index contributed by atoms with van der Waals surface area (Å²) in [6.07, 6.45) is -2.50. The van der Waals surface area contributed by atoms with Gasteiger partial charge in [0.25, 0.3) is 6.43 Å². The normalized spacial score (nSPS) is 10.6. The van der Waals surface area contributed by atoms with Crippen LogP contribution >= 0.6 is 11.6 Å². The van der Waals surface area contributed by atoms with Gasteiger partial charge in [-0.1, -0.05) is 11.6 Å². The Morgan fingerprint density at radius 1 is 1.62 bits per heavy atom. The van der Waals surface area contributed by atoms with Crippen molar-refractivity contribution in [3.8, 4) is 0 Å². The molecule has 0 aliphatic heterocycles. The van der Waals surface area contributed by atoms with Crippen molar-refractivity contribution in [1.82, 2.24) is 4.98 Å². The van der Waals surface area contributed by atoms with E-state index in [1.165, 1.54) is 6.92 Å². The third kappa shape index (κ3) is 2.44. The average Bonchev–Trinajstić information content (AvgIpc) is 2.21. The Balaban J connectivity index is 3.31. The lowest BCUT2D eigenvalue weighted by molar-refractivity contribution is 0.0513. The Morgan fingerprint density at radius 3 is 2.75 bits per heavy atom. The fourth-order valence-corrected chi connectivity index (χ4v) is 1.26. The van der Waals surface area contributed by atoms with Crippen molar-refractivity contribution in [2.45, 2.75) is 13.3 Å². The van der Waals surface area contributed by atoms with E-state index in [1.807, 2.05) is 0 Å². The quantitative estimate of drug-likeness (QED) is 0.778. The second-order valence-corrected chi connectivity index (χ2v) is 3.08. The fraction of sp³-hybridized carbons (Fsp3) is 0.333. The molecule has 0 aliphatic carbocycles. The number of alkyl halides is 2. The third-order valence-corrected chi connectivity index (χ3v) is 2.06. The first-order valence-corrected chi connectivity index (χ1v) is 4.66. The molecule has 1 aromatic heterocycles. The number of rotatable bonds is 3. The number of hydrogen-bond donors (Lipinski definition) is 0. The standard InChI is InChI=1S/C9H7ClF3NO2/c1-2-16-9(15)5-6(10)4(11)3-14-7(5)8(12)13/h3,8H,2H2,1H3. The maximum absolute atomic E-state index is 13.0. The van der Waals surface area contributed by atoms with Crippen molar-refractivity contribution in [2.75, 3.05) is 6.61 Å². The van der Waals surface area contributed by atoms with Crippen molar-refractivity contribution in [1.29, 1.82) is 0 Å². The van der Waals surface area contributed by atoms with Gasteiger partial charge in [0.1, 0.15) is 11.3 Å². The van der Waals surface area contributed by atoms with Gasteiger partial charge in [-0.05, 0) is 6.92 Å². The minimum Gasteiger partial charge on any atom is -0.462 e. The number of carbonyl (C=O) groups is 1. The lowest BCUT2D eigenvalue weighted by Crippen LogP contribution is -2.12.